The molecule has 0 aliphatic heterocycles. The molecule has 2 heteroatoms. The maximum Gasteiger partial charge on any atom is 2.00 e. The van der Waals surface area contributed by atoms with Crippen LogP contribution in [0.3, 0.4) is 0 Å². The molecular formula is C8H16SiZn. The Kier molecular flexibility index (Phi) is 15.5. The Balaban J connectivity index is -0.000000149. The molecule has 0 heterocycles. The Morgan fingerprint density at radius 2 is 1.40 bits per heavy atom. The molecule has 0 bridgehead atoms. The van der Waals surface area contributed by atoms with E-state index >= 15 is 0 Å². The van der Waals surface area contributed by atoms with Crippen molar-refractivity contribution >= 4 is 8.07 Å². The van der Waals surface area contributed by atoms with E-state index in [-0.39, 0.29) is 19.5 Å². The second-order valence-electron chi connectivity index (χ2n) is 2.55. The van der Waals surface area contributed by atoms with Crippen LogP contribution in [0.5, 0.6) is 0 Å². The molecule has 0 saturated carbocycles. The third-order valence-electron chi connectivity index (χ3n) is 0.463. The zero-order valence-corrected chi connectivity index (χ0v) is 11.6. The van der Waals surface area contributed by atoms with Gasteiger partial charge in [-0.1, -0.05) is 19.6 Å². The van der Waals surface area contributed by atoms with Gasteiger partial charge in [-0.05, 0) is 0 Å². The van der Waals surface area contributed by atoms with E-state index in [0.717, 1.165) is 0 Å². The molecule has 0 aromatic carbocycles. The molecule has 0 amide bonds. The minimum atomic E-state index is -1.08. The number of hydrogen-bond donors (Lipinski definition) is 0. The Bertz CT molecular complexity index is 103. The average Bonchev–Trinajstić information content (AvgIpc) is 1.69. The molecule has 0 saturated heterocycles. The van der Waals surface area contributed by atoms with Crippen molar-refractivity contribution in [1.82, 2.24) is 0 Å². The third kappa shape index (κ3) is 24.0. The summed E-state index contributed by atoms with van der Waals surface area (Å²) in [5.41, 5.74) is 3.06. The van der Waals surface area contributed by atoms with Crippen molar-refractivity contribution in [1.29, 1.82) is 0 Å². The van der Waals surface area contributed by atoms with Gasteiger partial charge in [0.1, 0.15) is 0 Å². The van der Waals surface area contributed by atoms with Crippen molar-refractivity contribution in [3.8, 4) is 11.5 Å². The topological polar surface area (TPSA) is 0 Å². The molecule has 54 valence electrons. The summed E-state index contributed by atoms with van der Waals surface area (Å²) in [5.74, 6) is 2.67. The smallest absolute Gasteiger partial charge is 0.346 e. The maximum absolute atomic E-state index is 3.44. The van der Waals surface area contributed by atoms with Gasteiger partial charge < -0.3 is 12.5 Å². The van der Waals surface area contributed by atoms with Gasteiger partial charge in [0.2, 0.25) is 0 Å². The van der Waals surface area contributed by atoms with E-state index in [4.69, 9.17) is 0 Å². The van der Waals surface area contributed by atoms with E-state index in [1.807, 2.05) is 0 Å². The van der Waals surface area contributed by atoms with Gasteiger partial charge in [0.25, 0.3) is 0 Å². The number of rotatable bonds is 0. The minimum Gasteiger partial charge on any atom is -0.346 e. The first-order valence-corrected chi connectivity index (χ1v) is 6.56. The summed E-state index contributed by atoms with van der Waals surface area (Å²) >= 11 is 0. The van der Waals surface area contributed by atoms with Crippen LogP contribution in [0.4, 0.5) is 0 Å². The summed E-state index contributed by atoms with van der Waals surface area (Å²) in [5, 5.41) is 0. The van der Waals surface area contributed by atoms with Gasteiger partial charge in [-0.2, -0.15) is 13.8 Å². The van der Waals surface area contributed by atoms with Gasteiger partial charge in [-0.3, -0.25) is 5.92 Å². The van der Waals surface area contributed by atoms with Crippen LogP contribution >= 0.6 is 0 Å². The fourth-order valence-electron chi connectivity index (χ4n) is 0.265. The molecular weight excluding hydrogens is 190 g/mol. The minimum absolute atomic E-state index is 0. The van der Waals surface area contributed by atoms with Crippen LogP contribution < -0.4 is 0 Å². The molecule has 0 radical (unpaired) electrons. The fourth-order valence-corrected chi connectivity index (χ4v) is 0.795. The molecule has 0 aliphatic rings. The van der Waals surface area contributed by atoms with Crippen molar-refractivity contribution in [3.63, 3.8) is 0 Å². The van der Waals surface area contributed by atoms with E-state index < -0.39 is 8.07 Å². The molecule has 0 aromatic heterocycles. The molecule has 0 aliphatic carbocycles. The maximum atomic E-state index is 3.44. The first-order valence-electron chi connectivity index (χ1n) is 3.06. The van der Waals surface area contributed by atoms with Crippen LogP contribution in [-0.4, -0.2) is 8.07 Å². The third-order valence-corrected chi connectivity index (χ3v) is 1.39. The standard InChI is InChI=1S/C6H11Si.C2H5.Zn/c1-5-6-7(2,3)4;1-2;/h1H2,2-4H3;1H2,2H3;/q2*-1;+2. The van der Waals surface area contributed by atoms with Gasteiger partial charge in [0.15, 0.2) is 0 Å². The predicted molar refractivity (Wildman–Crippen MR) is 47.5 cm³/mol. The molecule has 0 unspecified atom stereocenters. The van der Waals surface area contributed by atoms with Gasteiger partial charge in [0, 0.05) is 8.07 Å². The van der Waals surface area contributed by atoms with Gasteiger partial charge >= 0.3 is 19.5 Å². The Morgan fingerprint density at radius 1 is 1.10 bits per heavy atom. The van der Waals surface area contributed by atoms with Crippen molar-refractivity contribution in [2.45, 2.75) is 26.6 Å². The second-order valence-corrected chi connectivity index (χ2v) is 7.30. The summed E-state index contributed by atoms with van der Waals surface area (Å²) in [6, 6.07) is 0. The van der Waals surface area contributed by atoms with E-state index in [1.165, 1.54) is 0 Å². The first kappa shape index (κ1) is 16.7. The van der Waals surface area contributed by atoms with E-state index in [1.54, 1.807) is 6.92 Å². The summed E-state index contributed by atoms with van der Waals surface area (Å²) in [4.78, 5) is 0. The molecule has 0 fully saturated rings. The largest absolute Gasteiger partial charge is 2.00 e. The second kappa shape index (κ2) is 9.27. The van der Waals surface area contributed by atoms with Gasteiger partial charge in [-0.25, -0.2) is 0 Å². The quantitative estimate of drug-likeness (QED) is 0.324. The van der Waals surface area contributed by atoms with Gasteiger partial charge in [0.05, 0.1) is 0 Å². The van der Waals surface area contributed by atoms with E-state index in [0.29, 0.717) is 0 Å². The van der Waals surface area contributed by atoms with Crippen LogP contribution in [0, 0.1) is 25.3 Å². The monoisotopic (exact) mass is 204 g/mol. The van der Waals surface area contributed by atoms with E-state index in [9.17, 15) is 0 Å². The Morgan fingerprint density at radius 3 is 1.40 bits per heavy atom. The zero-order chi connectivity index (χ0) is 7.91. The molecule has 0 rings (SSSR count). The molecule has 0 aromatic rings. The van der Waals surface area contributed by atoms with Crippen LogP contribution in [-0.2, 0) is 19.5 Å². The van der Waals surface area contributed by atoms with Gasteiger partial charge in [-0.15, -0.1) is 0 Å². The fraction of sp³-hybridized carbons (Fsp3) is 0.500. The summed E-state index contributed by atoms with van der Waals surface area (Å²) in [7, 11) is -1.08. The zero-order valence-electron chi connectivity index (χ0n) is 7.62. The summed E-state index contributed by atoms with van der Waals surface area (Å²) in [6.45, 7) is 15.0. The SMILES string of the molecule is [CH2-]C.[CH2-]C#C[Si](C)(C)C.[Zn+2]. The van der Waals surface area contributed by atoms with Crippen molar-refractivity contribution in [2.75, 3.05) is 0 Å². The summed E-state index contributed by atoms with van der Waals surface area (Å²) in [6.07, 6.45) is 0. The van der Waals surface area contributed by atoms with Crippen LogP contribution in [0.2, 0.25) is 19.6 Å². The Labute approximate surface area is 79.6 Å². The van der Waals surface area contributed by atoms with Crippen molar-refractivity contribution < 1.29 is 19.5 Å². The molecule has 0 atom stereocenters. The van der Waals surface area contributed by atoms with E-state index in [2.05, 4.69) is 45.0 Å². The molecule has 0 N–H and O–H groups in total. The molecule has 0 nitrogen and oxygen atoms in total. The van der Waals surface area contributed by atoms with Crippen LogP contribution in [0.15, 0.2) is 0 Å². The average molecular weight is 206 g/mol. The first-order chi connectivity index (χ1) is 4.06. The van der Waals surface area contributed by atoms with Crippen LogP contribution in [0.1, 0.15) is 6.92 Å². The molecule has 10 heavy (non-hydrogen) atoms. The van der Waals surface area contributed by atoms with Crippen molar-refractivity contribution in [3.05, 3.63) is 13.8 Å². The van der Waals surface area contributed by atoms with Crippen molar-refractivity contribution in [2.24, 2.45) is 0 Å². The predicted octanol–water partition coefficient (Wildman–Crippen LogP) is 2.54. The summed E-state index contributed by atoms with van der Waals surface area (Å²) < 4.78 is 0. The normalized spacial score (nSPS) is 7.30. The molecule has 0 spiro atoms. The van der Waals surface area contributed by atoms with Crippen LogP contribution in [0.25, 0.3) is 0 Å². The number of hydrogen-bond acceptors (Lipinski definition) is 0. The Hall–Kier alpha value is 0.270.